The van der Waals surface area contributed by atoms with Gasteiger partial charge in [-0.2, -0.15) is 0 Å². The first-order valence-corrected chi connectivity index (χ1v) is 12.3. The van der Waals surface area contributed by atoms with Gasteiger partial charge in [-0.15, -0.1) is 0 Å². The van der Waals surface area contributed by atoms with Crippen molar-refractivity contribution in [1.29, 1.82) is 0 Å². The van der Waals surface area contributed by atoms with Gasteiger partial charge in [-0.3, -0.25) is 13.9 Å². The molecule has 0 radical (unpaired) electrons. The zero-order valence-corrected chi connectivity index (χ0v) is 20.1. The number of carbonyl (C=O) groups is 2. The van der Waals surface area contributed by atoms with E-state index in [1.54, 1.807) is 19.1 Å². The Morgan fingerprint density at radius 2 is 1.81 bits per heavy atom. The molecular weight excluding hydrogens is 480 g/mol. The van der Waals surface area contributed by atoms with Crippen LogP contribution >= 0.6 is 23.2 Å². The fraction of sp³-hybridized carbons (Fsp3) is 0.333. The third-order valence-electron chi connectivity index (χ3n) is 4.67. The Morgan fingerprint density at radius 3 is 2.38 bits per heavy atom. The van der Waals surface area contributed by atoms with E-state index in [0.717, 1.165) is 12.3 Å². The van der Waals surface area contributed by atoms with Crippen LogP contribution in [0, 0.1) is 5.82 Å². The third kappa shape index (κ3) is 6.57. The fourth-order valence-electron chi connectivity index (χ4n) is 2.99. The summed E-state index contributed by atoms with van der Waals surface area (Å²) in [6.45, 7) is 2.81. The first-order valence-electron chi connectivity index (χ1n) is 9.69. The van der Waals surface area contributed by atoms with Crippen LogP contribution in [-0.2, 0) is 26.2 Å². The standard InChI is InChI=1S/C21H24Cl2FN3O4S/c1-4-25-21(29)14(2)26(12-15-9-10-16(22)11-17(15)23)20(28)13-27(32(3,30)31)19-8-6-5-7-18(19)24/h5-11,14H,4,12-13H2,1-3H3,(H,25,29)/t14-/m1/s1. The van der Waals surface area contributed by atoms with Crippen LogP contribution in [0.1, 0.15) is 19.4 Å². The van der Waals surface area contributed by atoms with Crippen molar-refractivity contribution in [2.45, 2.75) is 26.4 Å². The van der Waals surface area contributed by atoms with E-state index in [9.17, 15) is 22.4 Å². The van der Waals surface area contributed by atoms with Gasteiger partial charge in [0, 0.05) is 23.1 Å². The van der Waals surface area contributed by atoms with Gasteiger partial charge < -0.3 is 10.2 Å². The second-order valence-corrected chi connectivity index (χ2v) is 9.80. The average molecular weight is 504 g/mol. The summed E-state index contributed by atoms with van der Waals surface area (Å²) in [6.07, 6.45) is 0.875. The quantitative estimate of drug-likeness (QED) is 0.567. The van der Waals surface area contributed by atoms with Crippen molar-refractivity contribution in [3.05, 3.63) is 63.9 Å². The van der Waals surface area contributed by atoms with Crippen LogP contribution in [0.25, 0.3) is 0 Å². The predicted molar refractivity (Wildman–Crippen MR) is 124 cm³/mol. The summed E-state index contributed by atoms with van der Waals surface area (Å²) in [4.78, 5) is 26.9. The summed E-state index contributed by atoms with van der Waals surface area (Å²) in [5, 5.41) is 3.32. The van der Waals surface area contributed by atoms with Crippen LogP contribution in [0.2, 0.25) is 10.0 Å². The minimum Gasteiger partial charge on any atom is -0.355 e. The van der Waals surface area contributed by atoms with Crippen molar-refractivity contribution >= 4 is 50.7 Å². The van der Waals surface area contributed by atoms with Crippen LogP contribution in [0.5, 0.6) is 0 Å². The van der Waals surface area contributed by atoms with Gasteiger partial charge in [-0.1, -0.05) is 41.4 Å². The number of amides is 2. The van der Waals surface area contributed by atoms with Gasteiger partial charge in [0.1, 0.15) is 18.4 Å². The molecule has 0 spiro atoms. The van der Waals surface area contributed by atoms with Crippen molar-refractivity contribution in [2.75, 3.05) is 23.7 Å². The van der Waals surface area contributed by atoms with E-state index in [2.05, 4.69) is 5.32 Å². The Bertz CT molecular complexity index is 1100. The number of likely N-dealkylation sites (N-methyl/N-ethyl adjacent to an activating group) is 1. The van der Waals surface area contributed by atoms with Crippen LogP contribution in [0.4, 0.5) is 10.1 Å². The molecule has 0 saturated carbocycles. The molecule has 0 aliphatic carbocycles. The second-order valence-electron chi connectivity index (χ2n) is 7.05. The molecule has 0 aromatic heterocycles. The summed E-state index contributed by atoms with van der Waals surface area (Å²) in [5.74, 6) is -1.93. The summed E-state index contributed by atoms with van der Waals surface area (Å²) in [6, 6.07) is 8.98. The third-order valence-corrected chi connectivity index (χ3v) is 6.39. The number of para-hydroxylation sites is 1. The maximum Gasteiger partial charge on any atom is 0.244 e. The first-order chi connectivity index (χ1) is 15.0. The van der Waals surface area contributed by atoms with Crippen LogP contribution in [0.3, 0.4) is 0 Å². The van der Waals surface area contributed by atoms with Crippen molar-refractivity contribution in [3.63, 3.8) is 0 Å². The Morgan fingerprint density at radius 1 is 1.16 bits per heavy atom. The molecule has 1 N–H and O–H groups in total. The Hall–Kier alpha value is -2.36. The number of nitrogens with zero attached hydrogens (tertiary/aromatic N) is 2. The molecule has 0 bridgehead atoms. The van der Waals surface area contributed by atoms with E-state index in [0.29, 0.717) is 21.4 Å². The number of hydrogen-bond donors (Lipinski definition) is 1. The molecule has 1 atom stereocenters. The molecule has 0 unspecified atom stereocenters. The summed E-state index contributed by atoms with van der Waals surface area (Å²) < 4.78 is 39.7. The van der Waals surface area contributed by atoms with Crippen LogP contribution in [0.15, 0.2) is 42.5 Å². The normalized spacial score (nSPS) is 12.2. The number of sulfonamides is 1. The van der Waals surface area contributed by atoms with Gasteiger partial charge >= 0.3 is 0 Å². The Kier molecular flexibility index (Phi) is 8.89. The lowest BCUT2D eigenvalue weighted by atomic mass is 10.1. The van der Waals surface area contributed by atoms with Gasteiger partial charge in [0.25, 0.3) is 0 Å². The van der Waals surface area contributed by atoms with E-state index in [1.807, 2.05) is 0 Å². The van der Waals surface area contributed by atoms with E-state index < -0.39 is 40.2 Å². The number of hydrogen-bond acceptors (Lipinski definition) is 4. The van der Waals surface area contributed by atoms with Crippen LogP contribution in [-0.4, -0.2) is 50.5 Å². The smallest absolute Gasteiger partial charge is 0.244 e. The lowest BCUT2D eigenvalue weighted by molar-refractivity contribution is -0.139. The van der Waals surface area contributed by atoms with E-state index in [4.69, 9.17) is 23.2 Å². The molecule has 0 aliphatic rings. The predicted octanol–water partition coefficient (Wildman–Crippen LogP) is 3.45. The van der Waals surface area contributed by atoms with E-state index >= 15 is 0 Å². The molecule has 7 nitrogen and oxygen atoms in total. The largest absolute Gasteiger partial charge is 0.355 e. The van der Waals surface area contributed by atoms with Gasteiger partial charge in [0.05, 0.1) is 11.9 Å². The molecular formula is C21H24Cl2FN3O4S. The lowest BCUT2D eigenvalue weighted by Crippen LogP contribution is -2.51. The van der Waals surface area contributed by atoms with E-state index in [-0.39, 0.29) is 17.3 Å². The number of halogens is 3. The molecule has 0 saturated heterocycles. The van der Waals surface area contributed by atoms with Gasteiger partial charge in [0.15, 0.2) is 0 Å². The summed E-state index contributed by atoms with van der Waals surface area (Å²) >= 11 is 12.2. The second kappa shape index (κ2) is 11.0. The Labute approximate surface area is 197 Å². The number of anilines is 1. The number of nitrogens with one attached hydrogen (secondary N) is 1. The number of benzene rings is 2. The number of rotatable bonds is 9. The molecule has 2 aromatic rings. The first kappa shape index (κ1) is 25.9. The molecule has 2 aromatic carbocycles. The van der Waals surface area contributed by atoms with Gasteiger partial charge in [0.2, 0.25) is 21.8 Å². The Balaban J connectivity index is 2.43. The maximum absolute atomic E-state index is 14.3. The highest BCUT2D eigenvalue weighted by atomic mass is 35.5. The molecule has 0 fully saturated rings. The highest BCUT2D eigenvalue weighted by molar-refractivity contribution is 7.92. The fourth-order valence-corrected chi connectivity index (χ4v) is 4.31. The van der Waals surface area contributed by atoms with Crippen molar-refractivity contribution in [1.82, 2.24) is 10.2 Å². The minimum atomic E-state index is -4.01. The molecule has 0 aliphatic heterocycles. The molecule has 174 valence electrons. The summed E-state index contributed by atoms with van der Waals surface area (Å²) in [7, 11) is -4.01. The average Bonchev–Trinajstić information content (AvgIpc) is 2.71. The highest BCUT2D eigenvalue weighted by Crippen LogP contribution is 2.25. The van der Waals surface area contributed by atoms with E-state index in [1.165, 1.54) is 36.1 Å². The van der Waals surface area contributed by atoms with Crippen molar-refractivity contribution < 1.29 is 22.4 Å². The van der Waals surface area contributed by atoms with Crippen LogP contribution < -0.4 is 9.62 Å². The molecule has 2 amide bonds. The highest BCUT2D eigenvalue weighted by Gasteiger charge is 2.31. The topological polar surface area (TPSA) is 86.8 Å². The maximum atomic E-state index is 14.3. The number of carbonyl (C=O) groups excluding carboxylic acids is 2. The van der Waals surface area contributed by atoms with Gasteiger partial charge in [-0.25, -0.2) is 12.8 Å². The molecule has 32 heavy (non-hydrogen) atoms. The molecule has 11 heteroatoms. The van der Waals surface area contributed by atoms with Gasteiger partial charge in [-0.05, 0) is 43.7 Å². The SMILES string of the molecule is CCNC(=O)[C@@H](C)N(Cc1ccc(Cl)cc1Cl)C(=O)CN(c1ccccc1F)S(C)(=O)=O. The zero-order chi connectivity index (χ0) is 24.1. The lowest BCUT2D eigenvalue weighted by Gasteiger charge is -2.31. The molecule has 0 heterocycles. The van der Waals surface area contributed by atoms with Crippen molar-refractivity contribution in [3.8, 4) is 0 Å². The molecule has 2 rings (SSSR count). The zero-order valence-electron chi connectivity index (χ0n) is 17.8. The summed E-state index contributed by atoms with van der Waals surface area (Å²) in [5.41, 5.74) is 0.246. The van der Waals surface area contributed by atoms with Crippen molar-refractivity contribution in [2.24, 2.45) is 0 Å². The monoisotopic (exact) mass is 503 g/mol. The minimum absolute atomic E-state index is 0.0813.